The Labute approximate surface area is 216 Å². The fourth-order valence-electron chi connectivity index (χ4n) is 4.62. The Morgan fingerprint density at radius 3 is 2.46 bits per heavy atom. The number of hydrogen-bond donors (Lipinski definition) is 2. The monoisotopic (exact) mass is 544 g/mol. The fourth-order valence-corrected chi connectivity index (χ4v) is 5.36. The smallest absolute Gasteiger partial charge is 0.231 e. The molecule has 12 heteroatoms. The van der Waals surface area contributed by atoms with Gasteiger partial charge in [0, 0.05) is 37.5 Å². The van der Waals surface area contributed by atoms with Gasteiger partial charge in [-0.25, -0.2) is 22.2 Å². The molecule has 0 fully saturated rings. The highest BCUT2D eigenvalue weighted by Crippen LogP contribution is 2.40. The summed E-state index contributed by atoms with van der Waals surface area (Å²) in [6.07, 6.45) is 3.04. The van der Waals surface area contributed by atoms with Gasteiger partial charge >= 0.3 is 0 Å². The summed E-state index contributed by atoms with van der Waals surface area (Å²) in [6.45, 7) is 0. The van der Waals surface area contributed by atoms with Gasteiger partial charge in [0.05, 0.1) is 45.0 Å². The summed E-state index contributed by atoms with van der Waals surface area (Å²) in [5.74, 6) is -1.27. The Hall–Kier alpha value is -3.54. The van der Waals surface area contributed by atoms with Gasteiger partial charge in [0.2, 0.25) is 10.0 Å². The lowest BCUT2D eigenvalue weighted by Gasteiger charge is -2.18. The number of anilines is 1. The molecule has 0 saturated heterocycles. The molecule has 0 aliphatic heterocycles. The first-order valence-electron chi connectivity index (χ1n) is 11.2. The summed E-state index contributed by atoms with van der Waals surface area (Å²) in [4.78, 5) is 4.83. The number of nitrogens with zero attached hydrogens (tertiary/aromatic N) is 4. The molecule has 3 N–H and O–H groups in total. The molecule has 3 aromatic heterocycles. The molecule has 0 aliphatic rings. The molecule has 8 nitrogen and oxygen atoms in total. The van der Waals surface area contributed by atoms with Crippen LogP contribution in [-0.2, 0) is 30.5 Å². The lowest BCUT2D eigenvalue weighted by atomic mass is 9.94. The second-order valence-corrected chi connectivity index (χ2v) is 11.2. The van der Waals surface area contributed by atoms with Crippen LogP contribution in [-0.4, -0.2) is 34.0 Å². The number of rotatable bonds is 6. The second kappa shape index (κ2) is 9.09. The van der Waals surface area contributed by atoms with Gasteiger partial charge in [0.25, 0.3) is 0 Å². The molecule has 0 bridgehead atoms. The van der Waals surface area contributed by atoms with Crippen LogP contribution in [0.15, 0.2) is 48.7 Å². The van der Waals surface area contributed by atoms with Gasteiger partial charge in [-0.3, -0.25) is 9.40 Å². The summed E-state index contributed by atoms with van der Waals surface area (Å²) < 4.78 is 57.5. The lowest BCUT2D eigenvalue weighted by Crippen LogP contribution is -2.17. The SMILES string of the molecule is Cn1ccc2nc([C@@H](N)Cc3cc(F)cc(F)c3)c(-c3ccc(Cl)c4c(NS(C)(=O)=O)nn(C)c34)cc21. The van der Waals surface area contributed by atoms with E-state index < -0.39 is 27.7 Å². The first kappa shape index (κ1) is 25.1. The van der Waals surface area contributed by atoms with Crippen molar-refractivity contribution in [1.29, 1.82) is 0 Å². The molecule has 3 heterocycles. The van der Waals surface area contributed by atoms with Crippen molar-refractivity contribution in [2.24, 2.45) is 19.8 Å². The molecule has 2 aromatic carbocycles. The molecular formula is C25H23ClF2N6O2S. The molecule has 0 spiro atoms. The summed E-state index contributed by atoms with van der Waals surface area (Å²) in [7, 11) is -0.0539. The molecule has 0 radical (unpaired) electrons. The van der Waals surface area contributed by atoms with E-state index in [-0.39, 0.29) is 12.2 Å². The van der Waals surface area contributed by atoms with Crippen LogP contribution in [0.2, 0.25) is 5.02 Å². The van der Waals surface area contributed by atoms with Crippen LogP contribution in [0, 0.1) is 11.6 Å². The highest BCUT2D eigenvalue weighted by atomic mass is 35.5. The molecule has 37 heavy (non-hydrogen) atoms. The van der Waals surface area contributed by atoms with E-state index in [0.717, 1.165) is 17.8 Å². The number of halogens is 3. The third-order valence-electron chi connectivity index (χ3n) is 6.14. The highest BCUT2D eigenvalue weighted by molar-refractivity contribution is 7.92. The number of pyridine rings is 1. The molecule has 5 rings (SSSR count). The van der Waals surface area contributed by atoms with Gasteiger partial charge in [-0.1, -0.05) is 17.7 Å². The van der Waals surface area contributed by atoms with Crippen molar-refractivity contribution >= 4 is 49.4 Å². The zero-order chi connectivity index (χ0) is 26.6. The molecule has 0 saturated carbocycles. The molecule has 0 unspecified atom stereocenters. The van der Waals surface area contributed by atoms with Crippen LogP contribution in [0.1, 0.15) is 17.3 Å². The van der Waals surface area contributed by atoms with Crippen molar-refractivity contribution in [3.05, 3.63) is 76.6 Å². The Kier molecular flexibility index (Phi) is 6.17. The predicted octanol–water partition coefficient (Wildman–Crippen LogP) is 4.67. The number of aryl methyl sites for hydroxylation is 2. The third-order valence-corrected chi connectivity index (χ3v) is 7.01. The Bertz CT molecular complexity index is 1780. The fraction of sp³-hybridized carbons (Fsp3) is 0.200. The minimum Gasteiger partial charge on any atom is -0.349 e. The van der Waals surface area contributed by atoms with Crippen molar-refractivity contribution in [2.45, 2.75) is 12.5 Å². The van der Waals surface area contributed by atoms with Crippen LogP contribution in [0.3, 0.4) is 0 Å². The average molecular weight is 545 g/mol. The standard InChI is InChI=1S/C25H23ClF2N6O2S/c1-33-7-6-20-21(33)12-17(23(30-20)19(29)10-13-8-14(27)11-15(28)9-13)16-4-5-18(26)22-24(16)34(2)31-25(22)32-37(3,35)36/h4-9,11-12,19H,10,29H2,1-3H3,(H,31,32)/t19-/m0/s1. The quantitative estimate of drug-likeness (QED) is 0.323. The summed E-state index contributed by atoms with van der Waals surface area (Å²) in [6, 6.07) is 9.82. The Morgan fingerprint density at radius 1 is 1.08 bits per heavy atom. The molecule has 1 atom stereocenters. The summed E-state index contributed by atoms with van der Waals surface area (Å²) >= 11 is 6.50. The number of fused-ring (bicyclic) bond motifs is 2. The van der Waals surface area contributed by atoms with E-state index >= 15 is 0 Å². The first-order valence-corrected chi connectivity index (χ1v) is 13.5. The zero-order valence-electron chi connectivity index (χ0n) is 20.1. The van der Waals surface area contributed by atoms with Crippen LogP contribution < -0.4 is 10.5 Å². The number of benzene rings is 2. The Morgan fingerprint density at radius 2 is 1.78 bits per heavy atom. The van der Waals surface area contributed by atoms with E-state index in [2.05, 4.69) is 9.82 Å². The van der Waals surface area contributed by atoms with Crippen molar-refractivity contribution in [2.75, 3.05) is 11.0 Å². The summed E-state index contributed by atoms with van der Waals surface area (Å²) in [5.41, 5.74) is 11.0. The summed E-state index contributed by atoms with van der Waals surface area (Å²) in [5, 5.41) is 5.09. The van der Waals surface area contributed by atoms with Gasteiger partial charge in [-0.2, -0.15) is 5.10 Å². The predicted molar refractivity (Wildman–Crippen MR) is 141 cm³/mol. The number of nitrogens with one attached hydrogen (secondary N) is 1. The maximum atomic E-state index is 13.8. The van der Waals surface area contributed by atoms with Gasteiger partial charge in [-0.15, -0.1) is 0 Å². The van der Waals surface area contributed by atoms with Crippen molar-refractivity contribution in [1.82, 2.24) is 19.3 Å². The van der Waals surface area contributed by atoms with E-state index in [1.54, 1.807) is 19.2 Å². The minimum atomic E-state index is -3.62. The molecular weight excluding hydrogens is 522 g/mol. The van der Waals surface area contributed by atoms with Crippen molar-refractivity contribution < 1.29 is 17.2 Å². The van der Waals surface area contributed by atoms with E-state index in [0.29, 0.717) is 43.8 Å². The molecule has 5 aromatic rings. The van der Waals surface area contributed by atoms with E-state index in [1.807, 2.05) is 29.9 Å². The third kappa shape index (κ3) is 4.77. The van der Waals surface area contributed by atoms with Gasteiger partial charge < -0.3 is 10.3 Å². The Balaban J connectivity index is 1.74. The topological polar surface area (TPSA) is 108 Å². The van der Waals surface area contributed by atoms with E-state index in [9.17, 15) is 17.2 Å². The number of nitrogens with two attached hydrogens (primary N) is 1. The largest absolute Gasteiger partial charge is 0.349 e. The van der Waals surface area contributed by atoms with Crippen molar-refractivity contribution in [3.8, 4) is 11.1 Å². The van der Waals surface area contributed by atoms with Gasteiger partial charge in [0.1, 0.15) is 11.6 Å². The van der Waals surface area contributed by atoms with Crippen LogP contribution in [0.5, 0.6) is 0 Å². The number of sulfonamides is 1. The van der Waals surface area contributed by atoms with E-state index in [4.69, 9.17) is 22.3 Å². The van der Waals surface area contributed by atoms with Crippen LogP contribution in [0.4, 0.5) is 14.6 Å². The molecule has 0 aliphatic carbocycles. The molecule has 192 valence electrons. The van der Waals surface area contributed by atoms with E-state index in [1.165, 1.54) is 16.8 Å². The van der Waals surface area contributed by atoms with Gasteiger partial charge in [0.15, 0.2) is 5.82 Å². The lowest BCUT2D eigenvalue weighted by molar-refractivity contribution is 0.576. The number of hydrogen-bond acceptors (Lipinski definition) is 5. The average Bonchev–Trinajstić information content (AvgIpc) is 3.31. The number of aromatic nitrogens is 4. The highest BCUT2D eigenvalue weighted by Gasteiger charge is 2.24. The van der Waals surface area contributed by atoms with Gasteiger partial charge in [-0.05, 0) is 42.3 Å². The maximum absolute atomic E-state index is 13.8. The first-order chi connectivity index (χ1) is 17.4. The maximum Gasteiger partial charge on any atom is 0.231 e. The van der Waals surface area contributed by atoms with Crippen molar-refractivity contribution in [3.63, 3.8) is 0 Å². The molecule has 0 amide bonds. The minimum absolute atomic E-state index is 0.0980. The second-order valence-electron chi connectivity index (χ2n) is 9.01. The van der Waals surface area contributed by atoms with Crippen LogP contribution >= 0.6 is 11.6 Å². The normalized spacial score (nSPS) is 12.9. The van der Waals surface area contributed by atoms with Crippen LogP contribution in [0.25, 0.3) is 33.1 Å². The zero-order valence-corrected chi connectivity index (χ0v) is 21.7.